The molecule has 2 heterocycles. The SMILES string of the molecule is CC(C)NC(=O)CN1CCN(C(=O)c2ccc(N3CCN(C(C)C)CC3)cc2)CC1. The van der Waals surface area contributed by atoms with Crippen LogP contribution in [0.1, 0.15) is 38.1 Å². The summed E-state index contributed by atoms with van der Waals surface area (Å²) >= 11 is 0. The third-order valence-corrected chi connectivity index (χ3v) is 6.00. The van der Waals surface area contributed by atoms with E-state index in [0.717, 1.165) is 44.8 Å². The molecule has 2 aliphatic rings. The van der Waals surface area contributed by atoms with Crippen molar-refractivity contribution in [2.45, 2.75) is 39.8 Å². The highest BCUT2D eigenvalue weighted by atomic mass is 16.2. The molecule has 2 amide bonds. The first kappa shape index (κ1) is 22.6. The molecule has 1 aromatic carbocycles. The van der Waals surface area contributed by atoms with Crippen molar-refractivity contribution in [1.82, 2.24) is 20.0 Å². The molecule has 0 aromatic heterocycles. The van der Waals surface area contributed by atoms with Crippen molar-refractivity contribution in [2.75, 3.05) is 63.8 Å². The lowest BCUT2D eigenvalue weighted by molar-refractivity contribution is -0.123. The van der Waals surface area contributed by atoms with E-state index in [0.29, 0.717) is 25.7 Å². The van der Waals surface area contributed by atoms with Gasteiger partial charge in [0.05, 0.1) is 6.54 Å². The maximum atomic E-state index is 12.9. The van der Waals surface area contributed by atoms with Gasteiger partial charge in [-0.25, -0.2) is 0 Å². The fraction of sp³-hybridized carbons (Fsp3) is 0.652. The molecule has 7 heteroatoms. The van der Waals surface area contributed by atoms with Crippen LogP contribution in [-0.2, 0) is 4.79 Å². The quantitative estimate of drug-likeness (QED) is 0.763. The summed E-state index contributed by atoms with van der Waals surface area (Å²) in [6.07, 6.45) is 0. The lowest BCUT2D eigenvalue weighted by Gasteiger charge is -2.38. The number of nitrogens with zero attached hydrogens (tertiary/aromatic N) is 4. The van der Waals surface area contributed by atoms with E-state index in [9.17, 15) is 9.59 Å². The molecule has 2 aliphatic heterocycles. The predicted molar refractivity (Wildman–Crippen MR) is 121 cm³/mol. The monoisotopic (exact) mass is 415 g/mol. The average molecular weight is 416 g/mol. The van der Waals surface area contributed by atoms with E-state index in [2.05, 4.69) is 46.0 Å². The number of hydrogen-bond donors (Lipinski definition) is 1. The van der Waals surface area contributed by atoms with Crippen molar-refractivity contribution >= 4 is 17.5 Å². The Balaban J connectivity index is 1.48. The van der Waals surface area contributed by atoms with Crippen molar-refractivity contribution in [1.29, 1.82) is 0 Å². The molecule has 1 N–H and O–H groups in total. The maximum Gasteiger partial charge on any atom is 0.253 e. The normalized spacial score (nSPS) is 18.9. The van der Waals surface area contributed by atoms with Crippen LogP contribution in [0, 0.1) is 0 Å². The Bertz CT molecular complexity index is 703. The Morgan fingerprint density at radius 2 is 1.47 bits per heavy atom. The van der Waals surface area contributed by atoms with E-state index in [4.69, 9.17) is 0 Å². The summed E-state index contributed by atoms with van der Waals surface area (Å²) in [7, 11) is 0. The smallest absolute Gasteiger partial charge is 0.253 e. The Labute approximate surface area is 181 Å². The molecule has 0 unspecified atom stereocenters. The van der Waals surface area contributed by atoms with Crippen LogP contribution in [0.25, 0.3) is 0 Å². The summed E-state index contributed by atoms with van der Waals surface area (Å²) in [6, 6.07) is 8.80. The van der Waals surface area contributed by atoms with Gasteiger partial charge in [0.15, 0.2) is 0 Å². The largest absolute Gasteiger partial charge is 0.369 e. The van der Waals surface area contributed by atoms with Crippen LogP contribution in [0.15, 0.2) is 24.3 Å². The van der Waals surface area contributed by atoms with Gasteiger partial charge >= 0.3 is 0 Å². The zero-order chi connectivity index (χ0) is 21.7. The van der Waals surface area contributed by atoms with Gasteiger partial charge in [0.1, 0.15) is 0 Å². The molecule has 2 saturated heterocycles. The van der Waals surface area contributed by atoms with Crippen LogP contribution < -0.4 is 10.2 Å². The molecule has 0 spiro atoms. The number of benzene rings is 1. The van der Waals surface area contributed by atoms with Gasteiger partial charge in [-0.05, 0) is 52.0 Å². The van der Waals surface area contributed by atoms with Crippen LogP contribution in [0.4, 0.5) is 5.69 Å². The molecule has 30 heavy (non-hydrogen) atoms. The van der Waals surface area contributed by atoms with Crippen LogP contribution in [0.5, 0.6) is 0 Å². The van der Waals surface area contributed by atoms with Gasteiger partial charge in [0.25, 0.3) is 5.91 Å². The minimum absolute atomic E-state index is 0.0505. The summed E-state index contributed by atoms with van der Waals surface area (Å²) in [6.45, 7) is 15.8. The van der Waals surface area contributed by atoms with Crippen molar-refractivity contribution in [3.05, 3.63) is 29.8 Å². The minimum Gasteiger partial charge on any atom is -0.369 e. The number of carbonyl (C=O) groups excluding carboxylic acids is 2. The zero-order valence-corrected chi connectivity index (χ0v) is 18.9. The van der Waals surface area contributed by atoms with Gasteiger partial charge in [0.2, 0.25) is 5.91 Å². The number of rotatable bonds is 6. The van der Waals surface area contributed by atoms with E-state index in [1.54, 1.807) is 0 Å². The second-order valence-electron chi connectivity index (χ2n) is 8.95. The Morgan fingerprint density at radius 3 is 2.00 bits per heavy atom. The molecule has 7 nitrogen and oxygen atoms in total. The second kappa shape index (κ2) is 10.3. The number of piperazine rings is 2. The van der Waals surface area contributed by atoms with E-state index in [1.807, 2.05) is 30.9 Å². The minimum atomic E-state index is 0.0505. The van der Waals surface area contributed by atoms with Gasteiger partial charge in [0, 0.05) is 75.7 Å². The van der Waals surface area contributed by atoms with Gasteiger partial charge in [-0.2, -0.15) is 0 Å². The molecule has 0 aliphatic carbocycles. The number of carbonyl (C=O) groups is 2. The Morgan fingerprint density at radius 1 is 0.867 bits per heavy atom. The summed E-state index contributed by atoms with van der Waals surface area (Å²) in [4.78, 5) is 33.7. The van der Waals surface area contributed by atoms with Crippen molar-refractivity contribution in [2.24, 2.45) is 0 Å². The number of nitrogens with one attached hydrogen (secondary N) is 1. The molecular weight excluding hydrogens is 378 g/mol. The topological polar surface area (TPSA) is 59.1 Å². The summed E-state index contributed by atoms with van der Waals surface area (Å²) < 4.78 is 0. The number of hydrogen-bond acceptors (Lipinski definition) is 5. The van der Waals surface area contributed by atoms with Crippen molar-refractivity contribution in [3.63, 3.8) is 0 Å². The third kappa shape index (κ3) is 5.95. The molecule has 1 aromatic rings. The molecule has 0 radical (unpaired) electrons. The van der Waals surface area contributed by atoms with Crippen molar-refractivity contribution in [3.8, 4) is 0 Å². The Hall–Kier alpha value is -2.12. The van der Waals surface area contributed by atoms with Crippen LogP contribution >= 0.6 is 0 Å². The van der Waals surface area contributed by atoms with Gasteiger partial charge in [-0.15, -0.1) is 0 Å². The fourth-order valence-corrected chi connectivity index (χ4v) is 4.17. The van der Waals surface area contributed by atoms with Gasteiger partial charge in [-0.1, -0.05) is 0 Å². The maximum absolute atomic E-state index is 12.9. The highest BCUT2D eigenvalue weighted by Crippen LogP contribution is 2.19. The summed E-state index contributed by atoms with van der Waals surface area (Å²) in [5.74, 6) is 0.132. The van der Waals surface area contributed by atoms with E-state index >= 15 is 0 Å². The summed E-state index contributed by atoms with van der Waals surface area (Å²) in [5, 5.41) is 2.92. The molecule has 2 fully saturated rings. The molecule has 0 atom stereocenters. The molecule has 166 valence electrons. The third-order valence-electron chi connectivity index (χ3n) is 6.00. The average Bonchev–Trinajstić information content (AvgIpc) is 2.73. The number of anilines is 1. The van der Waals surface area contributed by atoms with Gasteiger partial charge < -0.3 is 15.1 Å². The van der Waals surface area contributed by atoms with Crippen LogP contribution in [-0.4, -0.2) is 97.5 Å². The highest BCUT2D eigenvalue weighted by molar-refractivity contribution is 5.94. The summed E-state index contributed by atoms with van der Waals surface area (Å²) in [5.41, 5.74) is 1.93. The molecule has 0 bridgehead atoms. The van der Waals surface area contributed by atoms with E-state index < -0.39 is 0 Å². The highest BCUT2D eigenvalue weighted by Gasteiger charge is 2.24. The standard InChI is InChI=1S/C23H37N5O2/c1-18(2)24-22(29)17-25-9-11-28(12-10-25)23(30)20-5-7-21(8-6-20)27-15-13-26(14-16-27)19(3)4/h5-8,18-19H,9-17H2,1-4H3,(H,24,29). The van der Waals surface area contributed by atoms with E-state index in [-0.39, 0.29) is 17.9 Å². The predicted octanol–water partition coefficient (Wildman–Crippen LogP) is 1.50. The lowest BCUT2D eigenvalue weighted by Crippen LogP contribution is -2.51. The fourth-order valence-electron chi connectivity index (χ4n) is 4.17. The first-order chi connectivity index (χ1) is 14.3. The number of amides is 2. The molecule has 0 saturated carbocycles. The van der Waals surface area contributed by atoms with E-state index in [1.165, 1.54) is 5.69 Å². The first-order valence-electron chi connectivity index (χ1n) is 11.2. The van der Waals surface area contributed by atoms with Crippen LogP contribution in [0.2, 0.25) is 0 Å². The zero-order valence-electron chi connectivity index (χ0n) is 18.9. The van der Waals surface area contributed by atoms with Crippen molar-refractivity contribution < 1.29 is 9.59 Å². The van der Waals surface area contributed by atoms with Crippen LogP contribution in [0.3, 0.4) is 0 Å². The Kier molecular flexibility index (Phi) is 7.72. The molecule has 3 rings (SSSR count). The molecular formula is C23H37N5O2. The lowest BCUT2D eigenvalue weighted by atomic mass is 10.1. The second-order valence-corrected chi connectivity index (χ2v) is 8.95. The van der Waals surface area contributed by atoms with Gasteiger partial charge in [-0.3, -0.25) is 19.4 Å². The first-order valence-corrected chi connectivity index (χ1v) is 11.2.